The fraction of sp³-hybridized carbons (Fsp3) is 0.263. The van der Waals surface area contributed by atoms with E-state index in [1.165, 1.54) is 0 Å². The summed E-state index contributed by atoms with van der Waals surface area (Å²) in [4.78, 5) is 25.0. The molecule has 0 unspecified atom stereocenters. The maximum Gasteiger partial charge on any atom is 0.417 e. The molecule has 1 fully saturated rings. The minimum Gasteiger partial charge on any atom is -0.447 e. The number of hydrogen-bond donors (Lipinski definition) is 1. The van der Waals surface area contributed by atoms with Crippen molar-refractivity contribution in [3.63, 3.8) is 0 Å². The van der Waals surface area contributed by atoms with Gasteiger partial charge < -0.3 is 9.84 Å². The van der Waals surface area contributed by atoms with Gasteiger partial charge in [0.2, 0.25) is 5.91 Å². The van der Waals surface area contributed by atoms with Crippen LogP contribution in [0.4, 0.5) is 4.79 Å². The molecule has 0 radical (unpaired) electrons. The Labute approximate surface area is 164 Å². The number of amides is 2. The van der Waals surface area contributed by atoms with Gasteiger partial charge in [-0.1, -0.05) is 70.0 Å². The number of ether oxygens (including phenoxy) is 1. The summed E-state index contributed by atoms with van der Waals surface area (Å²) >= 11 is 9.08. The lowest BCUT2D eigenvalue weighted by Crippen LogP contribution is -2.45. The van der Waals surface area contributed by atoms with Crippen molar-refractivity contribution in [3.8, 4) is 0 Å². The van der Waals surface area contributed by atoms with Crippen LogP contribution in [0.1, 0.15) is 17.2 Å². The molecule has 0 aromatic heterocycles. The van der Waals surface area contributed by atoms with Gasteiger partial charge >= 0.3 is 6.09 Å². The van der Waals surface area contributed by atoms with Gasteiger partial charge in [-0.15, -0.1) is 0 Å². The van der Waals surface area contributed by atoms with E-state index < -0.39 is 29.0 Å². The summed E-state index contributed by atoms with van der Waals surface area (Å²) in [6, 6.07) is 15.7. The third-order valence-corrected chi connectivity index (χ3v) is 5.38. The van der Waals surface area contributed by atoms with Crippen LogP contribution in [-0.4, -0.2) is 39.5 Å². The molecule has 2 amide bonds. The maximum absolute atomic E-state index is 12.8. The molecule has 2 aromatic rings. The van der Waals surface area contributed by atoms with Gasteiger partial charge in [0.1, 0.15) is 17.5 Å². The Morgan fingerprint density at radius 1 is 1.23 bits per heavy atom. The molecule has 136 valence electrons. The lowest BCUT2D eigenvalue weighted by Gasteiger charge is -2.25. The average molecular weight is 439 g/mol. The van der Waals surface area contributed by atoms with Crippen molar-refractivity contribution in [1.29, 1.82) is 0 Å². The van der Waals surface area contributed by atoms with E-state index in [0.29, 0.717) is 17.0 Å². The lowest BCUT2D eigenvalue weighted by molar-refractivity contribution is -0.130. The summed E-state index contributed by atoms with van der Waals surface area (Å²) in [5, 5.41) is 11.0. The Morgan fingerprint density at radius 2 is 1.88 bits per heavy atom. The van der Waals surface area contributed by atoms with Crippen molar-refractivity contribution in [1.82, 2.24) is 4.90 Å². The van der Waals surface area contributed by atoms with E-state index in [2.05, 4.69) is 15.9 Å². The molecule has 0 bridgehead atoms. The largest absolute Gasteiger partial charge is 0.447 e. The Morgan fingerprint density at radius 3 is 2.54 bits per heavy atom. The molecule has 1 aliphatic rings. The van der Waals surface area contributed by atoms with E-state index in [1.54, 1.807) is 24.3 Å². The summed E-state index contributed by atoms with van der Waals surface area (Å²) in [7, 11) is 0. The molecule has 26 heavy (non-hydrogen) atoms. The number of rotatable bonds is 5. The Hall–Kier alpha value is -1.89. The van der Waals surface area contributed by atoms with Crippen molar-refractivity contribution in [2.75, 3.05) is 6.61 Å². The number of benzene rings is 2. The highest BCUT2D eigenvalue weighted by Gasteiger charge is 2.42. The van der Waals surface area contributed by atoms with Crippen LogP contribution in [0.15, 0.2) is 54.6 Å². The number of carbonyl (C=O) groups is 2. The first-order valence-corrected chi connectivity index (χ1v) is 9.38. The Balaban J connectivity index is 1.75. The van der Waals surface area contributed by atoms with Gasteiger partial charge in [0.05, 0.1) is 6.04 Å². The SMILES string of the molecule is O=C1OC[C@H](Cc2ccccc2)N1C(=O)[C@@H](Br)[C@@H](O)c1ccc(Cl)cc1. The van der Waals surface area contributed by atoms with Crippen LogP contribution >= 0.6 is 27.5 Å². The van der Waals surface area contributed by atoms with E-state index >= 15 is 0 Å². The Kier molecular flexibility index (Phi) is 5.96. The molecule has 1 saturated heterocycles. The number of alkyl halides is 1. The second kappa shape index (κ2) is 8.20. The number of aliphatic hydroxyl groups is 1. The van der Waals surface area contributed by atoms with Crippen molar-refractivity contribution >= 4 is 39.5 Å². The van der Waals surface area contributed by atoms with E-state index in [0.717, 1.165) is 10.5 Å². The van der Waals surface area contributed by atoms with Crippen LogP contribution < -0.4 is 0 Å². The number of aliphatic hydroxyl groups excluding tert-OH is 1. The predicted octanol–water partition coefficient (Wildman–Crippen LogP) is 3.73. The molecule has 7 heteroatoms. The number of nitrogens with zero attached hydrogens (tertiary/aromatic N) is 1. The number of cyclic esters (lactones) is 1. The summed E-state index contributed by atoms with van der Waals surface area (Å²) in [6.45, 7) is 0.135. The molecule has 3 atom stereocenters. The summed E-state index contributed by atoms with van der Waals surface area (Å²) in [5.74, 6) is -0.532. The summed E-state index contributed by atoms with van der Waals surface area (Å²) in [5.41, 5.74) is 1.52. The molecule has 0 spiro atoms. The number of carbonyl (C=O) groups excluding carboxylic acids is 2. The fourth-order valence-corrected chi connectivity index (χ4v) is 3.52. The molecule has 3 rings (SSSR count). The minimum atomic E-state index is -1.12. The van der Waals surface area contributed by atoms with Gasteiger partial charge in [0, 0.05) is 5.02 Å². The van der Waals surface area contributed by atoms with Crippen LogP contribution in [0, 0.1) is 0 Å². The van der Waals surface area contributed by atoms with Crippen molar-refractivity contribution in [2.24, 2.45) is 0 Å². The highest BCUT2D eigenvalue weighted by Crippen LogP contribution is 2.28. The molecule has 1 aliphatic heterocycles. The fourth-order valence-electron chi connectivity index (χ4n) is 2.86. The quantitative estimate of drug-likeness (QED) is 0.723. The zero-order valence-corrected chi connectivity index (χ0v) is 16.1. The lowest BCUT2D eigenvalue weighted by atomic mass is 10.0. The van der Waals surface area contributed by atoms with Crippen LogP contribution in [0.2, 0.25) is 5.02 Å². The third kappa shape index (κ3) is 4.09. The first kappa shape index (κ1) is 18.9. The van der Waals surface area contributed by atoms with Crippen LogP contribution in [0.3, 0.4) is 0 Å². The van der Waals surface area contributed by atoms with Gasteiger partial charge in [0.15, 0.2) is 0 Å². The van der Waals surface area contributed by atoms with Crippen molar-refractivity contribution in [2.45, 2.75) is 23.4 Å². The van der Waals surface area contributed by atoms with Gasteiger partial charge in [-0.2, -0.15) is 0 Å². The molecular weight excluding hydrogens is 422 g/mol. The van der Waals surface area contributed by atoms with Crippen LogP contribution in [0.5, 0.6) is 0 Å². The highest BCUT2D eigenvalue weighted by molar-refractivity contribution is 9.10. The normalized spacial score (nSPS) is 19.1. The number of halogens is 2. The van der Waals surface area contributed by atoms with E-state index in [1.807, 2.05) is 30.3 Å². The smallest absolute Gasteiger partial charge is 0.417 e. The molecular formula is C19H17BrClNO4. The standard InChI is InChI=1S/C19H17BrClNO4/c20-16(17(23)13-6-8-14(21)9-7-13)18(24)22-15(11-26-19(22)25)10-12-4-2-1-3-5-12/h1-9,15-17,23H,10-11H2/t15-,16-,17-/m0/s1. The zero-order valence-electron chi connectivity index (χ0n) is 13.7. The van der Waals surface area contributed by atoms with E-state index in [4.69, 9.17) is 16.3 Å². The van der Waals surface area contributed by atoms with Crippen LogP contribution in [-0.2, 0) is 16.0 Å². The third-order valence-electron chi connectivity index (χ3n) is 4.24. The maximum atomic E-state index is 12.8. The summed E-state index contributed by atoms with van der Waals surface area (Å²) < 4.78 is 5.07. The minimum absolute atomic E-state index is 0.135. The molecule has 2 aromatic carbocycles. The van der Waals surface area contributed by atoms with E-state index in [-0.39, 0.29) is 6.61 Å². The predicted molar refractivity (Wildman–Crippen MR) is 101 cm³/mol. The zero-order chi connectivity index (χ0) is 18.7. The van der Waals surface area contributed by atoms with Gasteiger partial charge in [-0.25, -0.2) is 9.69 Å². The molecule has 0 saturated carbocycles. The summed E-state index contributed by atoms with van der Waals surface area (Å²) in [6.07, 6.45) is -1.32. The van der Waals surface area contributed by atoms with Gasteiger partial charge in [-0.05, 0) is 29.7 Å². The first-order valence-electron chi connectivity index (χ1n) is 8.08. The number of hydrogen-bond acceptors (Lipinski definition) is 4. The van der Waals surface area contributed by atoms with Crippen LogP contribution in [0.25, 0.3) is 0 Å². The first-order chi connectivity index (χ1) is 12.5. The molecule has 0 aliphatic carbocycles. The van der Waals surface area contributed by atoms with Gasteiger partial charge in [0.25, 0.3) is 0 Å². The number of imide groups is 1. The average Bonchev–Trinajstić information content (AvgIpc) is 3.01. The Bertz CT molecular complexity index is 784. The molecule has 1 N–H and O–H groups in total. The monoisotopic (exact) mass is 437 g/mol. The molecule has 5 nitrogen and oxygen atoms in total. The highest BCUT2D eigenvalue weighted by atomic mass is 79.9. The second-order valence-electron chi connectivity index (χ2n) is 6.03. The van der Waals surface area contributed by atoms with Crippen molar-refractivity contribution in [3.05, 3.63) is 70.7 Å². The van der Waals surface area contributed by atoms with Crippen molar-refractivity contribution < 1.29 is 19.4 Å². The second-order valence-corrected chi connectivity index (χ2v) is 7.45. The van der Waals surface area contributed by atoms with Gasteiger partial charge in [-0.3, -0.25) is 4.79 Å². The molecule has 1 heterocycles. The van der Waals surface area contributed by atoms with E-state index in [9.17, 15) is 14.7 Å². The topological polar surface area (TPSA) is 66.8 Å².